The number of halogens is 1. The molecule has 2 aromatic heterocycles. The summed E-state index contributed by atoms with van der Waals surface area (Å²) in [5, 5.41) is 4.91. The second-order valence-corrected chi connectivity index (χ2v) is 8.30. The summed E-state index contributed by atoms with van der Waals surface area (Å²) in [4.78, 5) is 20.8. The molecule has 0 spiro atoms. The van der Waals surface area contributed by atoms with Gasteiger partial charge in [0.2, 0.25) is 5.91 Å². The van der Waals surface area contributed by atoms with Gasteiger partial charge in [0.1, 0.15) is 5.82 Å². The van der Waals surface area contributed by atoms with Crippen LogP contribution in [0.1, 0.15) is 24.0 Å². The molecule has 0 radical (unpaired) electrons. The highest BCUT2D eigenvalue weighted by molar-refractivity contribution is 5.93. The number of carbonyl (C=O) groups is 1. The maximum Gasteiger partial charge on any atom is 0.224 e. The molecule has 0 bridgehead atoms. The first-order valence-electron chi connectivity index (χ1n) is 11.1. The van der Waals surface area contributed by atoms with Gasteiger partial charge in [0.05, 0.1) is 22.6 Å². The Morgan fingerprint density at radius 2 is 1.82 bits per heavy atom. The molecule has 0 saturated heterocycles. The van der Waals surface area contributed by atoms with E-state index in [4.69, 9.17) is 4.98 Å². The topological polar surface area (TPSA) is 57.8 Å². The Balaban J connectivity index is 1.42. The van der Waals surface area contributed by atoms with E-state index >= 15 is 0 Å². The molecule has 0 aliphatic heterocycles. The Morgan fingerprint density at radius 3 is 2.70 bits per heavy atom. The summed E-state index contributed by atoms with van der Waals surface area (Å²) in [6.45, 7) is 2.08. The van der Waals surface area contributed by atoms with Crippen molar-refractivity contribution in [3.05, 3.63) is 95.8 Å². The molecule has 164 valence electrons. The molecular formula is C28H24FN3O. The molecule has 1 amide bonds. The highest BCUT2D eigenvalue weighted by Gasteiger charge is 2.16. The minimum absolute atomic E-state index is 0.193. The first kappa shape index (κ1) is 20.9. The molecule has 33 heavy (non-hydrogen) atoms. The van der Waals surface area contributed by atoms with Gasteiger partial charge in [0.15, 0.2) is 0 Å². The van der Waals surface area contributed by atoms with Gasteiger partial charge in [-0.25, -0.2) is 9.37 Å². The van der Waals surface area contributed by atoms with Crippen LogP contribution in [0.2, 0.25) is 0 Å². The van der Waals surface area contributed by atoms with Gasteiger partial charge in [-0.1, -0.05) is 48.0 Å². The predicted molar refractivity (Wildman–Crippen MR) is 132 cm³/mol. The quantitative estimate of drug-likeness (QED) is 0.307. The summed E-state index contributed by atoms with van der Waals surface area (Å²) in [5.41, 5.74) is 6.40. The van der Waals surface area contributed by atoms with Crippen LogP contribution in [0.5, 0.6) is 0 Å². The van der Waals surface area contributed by atoms with E-state index < -0.39 is 5.82 Å². The van der Waals surface area contributed by atoms with Gasteiger partial charge in [0, 0.05) is 22.7 Å². The number of nitrogens with one attached hydrogen (secondary N) is 2. The number of benzene rings is 3. The van der Waals surface area contributed by atoms with Crippen LogP contribution in [0, 0.1) is 12.7 Å². The lowest BCUT2D eigenvalue weighted by Crippen LogP contribution is -2.12. The van der Waals surface area contributed by atoms with Crippen molar-refractivity contribution in [3.63, 3.8) is 0 Å². The van der Waals surface area contributed by atoms with Gasteiger partial charge < -0.3 is 10.3 Å². The molecule has 5 heteroatoms. The number of anilines is 1. The second kappa shape index (κ2) is 8.87. The van der Waals surface area contributed by atoms with E-state index in [2.05, 4.69) is 47.6 Å². The van der Waals surface area contributed by atoms with Crippen molar-refractivity contribution in [3.8, 4) is 11.4 Å². The van der Waals surface area contributed by atoms with Gasteiger partial charge in [-0.3, -0.25) is 4.79 Å². The number of carbonyl (C=O) groups excluding carboxylic acids is 1. The first-order chi connectivity index (χ1) is 16.1. The zero-order valence-corrected chi connectivity index (χ0v) is 18.4. The average molecular weight is 438 g/mol. The molecule has 4 nitrogen and oxygen atoms in total. The van der Waals surface area contributed by atoms with E-state index in [9.17, 15) is 9.18 Å². The van der Waals surface area contributed by atoms with Crippen molar-refractivity contribution in [1.29, 1.82) is 0 Å². The van der Waals surface area contributed by atoms with E-state index in [-0.39, 0.29) is 11.6 Å². The normalized spacial score (nSPS) is 11.2. The summed E-state index contributed by atoms with van der Waals surface area (Å²) in [7, 11) is 0. The summed E-state index contributed by atoms with van der Waals surface area (Å²) in [5.74, 6) is -0.621. The summed E-state index contributed by atoms with van der Waals surface area (Å²) in [6, 6.07) is 24.7. The minimum Gasteiger partial charge on any atom is -0.353 e. The zero-order valence-electron chi connectivity index (χ0n) is 18.4. The molecular weight excluding hydrogens is 413 g/mol. The highest BCUT2D eigenvalue weighted by Crippen LogP contribution is 2.32. The van der Waals surface area contributed by atoms with Crippen molar-refractivity contribution in [2.24, 2.45) is 0 Å². The average Bonchev–Trinajstić information content (AvgIpc) is 3.18. The lowest BCUT2D eigenvalue weighted by molar-refractivity contribution is -0.116. The van der Waals surface area contributed by atoms with Crippen LogP contribution in [-0.2, 0) is 11.2 Å². The third kappa shape index (κ3) is 4.35. The molecule has 0 aliphatic carbocycles. The van der Waals surface area contributed by atoms with Crippen LogP contribution >= 0.6 is 0 Å². The lowest BCUT2D eigenvalue weighted by Gasteiger charge is -2.08. The Bertz CT molecular complexity index is 1470. The highest BCUT2D eigenvalue weighted by atomic mass is 19.1. The van der Waals surface area contributed by atoms with Gasteiger partial charge >= 0.3 is 0 Å². The Hall–Kier alpha value is -3.99. The van der Waals surface area contributed by atoms with Crippen LogP contribution < -0.4 is 5.32 Å². The van der Waals surface area contributed by atoms with E-state index in [1.165, 1.54) is 11.6 Å². The van der Waals surface area contributed by atoms with Gasteiger partial charge in [-0.15, -0.1) is 0 Å². The number of aromatic amines is 1. The number of aryl methyl sites for hydroxylation is 2. The number of pyridine rings is 1. The number of aromatic nitrogens is 2. The first-order valence-corrected chi connectivity index (χ1v) is 11.1. The number of hydrogen-bond donors (Lipinski definition) is 2. The minimum atomic E-state index is -0.428. The van der Waals surface area contributed by atoms with Gasteiger partial charge in [0.25, 0.3) is 0 Å². The molecule has 3 aromatic carbocycles. The Kier molecular flexibility index (Phi) is 5.61. The number of rotatable bonds is 6. The second-order valence-electron chi connectivity index (χ2n) is 8.30. The van der Waals surface area contributed by atoms with Gasteiger partial charge in [-0.05, 0) is 61.7 Å². The molecule has 0 saturated carbocycles. The zero-order chi connectivity index (χ0) is 22.8. The molecule has 0 fully saturated rings. The SMILES string of the molecule is Cc1ccc2[nH]c(-c3ccc4ccccc4n3)c(CCCC(=O)Nc3ccccc3F)c2c1. The number of amides is 1. The number of hydrogen-bond acceptors (Lipinski definition) is 2. The smallest absolute Gasteiger partial charge is 0.224 e. The molecule has 5 aromatic rings. The van der Waals surface area contributed by atoms with Crippen LogP contribution in [0.3, 0.4) is 0 Å². The Morgan fingerprint density at radius 1 is 1.00 bits per heavy atom. The maximum atomic E-state index is 13.8. The molecule has 0 unspecified atom stereocenters. The third-order valence-electron chi connectivity index (χ3n) is 5.89. The Labute approximate surface area is 191 Å². The van der Waals surface area contributed by atoms with Crippen LogP contribution in [0.15, 0.2) is 78.9 Å². The monoisotopic (exact) mass is 437 g/mol. The van der Waals surface area contributed by atoms with Crippen molar-refractivity contribution in [2.45, 2.75) is 26.2 Å². The fourth-order valence-corrected chi connectivity index (χ4v) is 4.25. The van der Waals surface area contributed by atoms with Crippen LogP contribution in [-0.4, -0.2) is 15.9 Å². The predicted octanol–water partition coefficient (Wildman–Crippen LogP) is 6.79. The molecule has 2 N–H and O–H groups in total. The molecule has 0 atom stereocenters. The third-order valence-corrected chi connectivity index (χ3v) is 5.89. The fraction of sp³-hybridized carbons (Fsp3) is 0.143. The van der Waals surface area contributed by atoms with E-state index in [0.717, 1.165) is 38.8 Å². The molecule has 0 aliphatic rings. The van der Waals surface area contributed by atoms with Crippen molar-refractivity contribution >= 4 is 33.4 Å². The molecule has 2 heterocycles. The largest absolute Gasteiger partial charge is 0.353 e. The number of H-pyrrole nitrogens is 1. The fourth-order valence-electron chi connectivity index (χ4n) is 4.25. The van der Waals surface area contributed by atoms with Crippen molar-refractivity contribution in [1.82, 2.24) is 9.97 Å². The maximum absolute atomic E-state index is 13.8. The van der Waals surface area contributed by atoms with Crippen molar-refractivity contribution < 1.29 is 9.18 Å². The summed E-state index contributed by atoms with van der Waals surface area (Å²) < 4.78 is 13.8. The number of para-hydroxylation sites is 2. The van der Waals surface area contributed by atoms with Crippen molar-refractivity contribution in [2.75, 3.05) is 5.32 Å². The van der Waals surface area contributed by atoms with E-state index in [1.54, 1.807) is 18.2 Å². The number of nitrogens with zero attached hydrogens (tertiary/aromatic N) is 1. The lowest BCUT2D eigenvalue weighted by atomic mass is 10.0. The summed E-state index contributed by atoms with van der Waals surface area (Å²) >= 11 is 0. The summed E-state index contributed by atoms with van der Waals surface area (Å²) in [6.07, 6.45) is 1.65. The molecule has 5 rings (SSSR count). The standard InChI is InChI=1S/C28H24FN3O/c1-18-13-15-24-21(17-18)20(8-6-12-27(33)31-25-11-5-3-9-22(25)29)28(32-24)26-16-14-19-7-2-4-10-23(19)30-26/h2-5,7,9-11,13-17,32H,6,8,12H2,1H3,(H,31,33). The number of fused-ring (bicyclic) bond motifs is 2. The van der Waals surface area contributed by atoms with Crippen LogP contribution in [0.4, 0.5) is 10.1 Å². The van der Waals surface area contributed by atoms with E-state index in [0.29, 0.717) is 19.3 Å². The van der Waals surface area contributed by atoms with E-state index in [1.807, 2.05) is 24.3 Å². The van der Waals surface area contributed by atoms with Gasteiger partial charge in [-0.2, -0.15) is 0 Å². The van der Waals surface area contributed by atoms with Crippen LogP contribution in [0.25, 0.3) is 33.2 Å².